The lowest BCUT2D eigenvalue weighted by atomic mass is 10.1. The monoisotopic (exact) mass is 373 g/mol. The fraction of sp³-hybridized carbons (Fsp3) is 0.500. The third kappa shape index (κ3) is 5.81. The van der Waals surface area contributed by atoms with E-state index in [1.807, 2.05) is 24.3 Å². The van der Waals surface area contributed by atoms with Crippen molar-refractivity contribution in [1.29, 1.82) is 0 Å². The van der Waals surface area contributed by atoms with Crippen molar-refractivity contribution in [3.05, 3.63) is 45.9 Å². The van der Waals surface area contributed by atoms with E-state index in [1.165, 1.54) is 32.4 Å². The van der Waals surface area contributed by atoms with Gasteiger partial charge in [-0.25, -0.2) is 4.98 Å². The third-order valence-corrected chi connectivity index (χ3v) is 5.57. The molecule has 0 saturated carbocycles. The molecule has 6 heteroatoms. The van der Waals surface area contributed by atoms with Gasteiger partial charge in [-0.2, -0.15) is 0 Å². The summed E-state index contributed by atoms with van der Waals surface area (Å²) in [7, 11) is 1.65. The molecule has 5 nitrogen and oxygen atoms in total. The average Bonchev–Trinajstić information content (AvgIpc) is 3.13. The molecule has 2 heterocycles. The number of hydrogen-bond acceptors (Lipinski definition) is 5. The Hall–Kier alpha value is -1.92. The summed E-state index contributed by atoms with van der Waals surface area (Å²) in [6.07, 6.45) is 5.15. The first-order chi connectivity index (χ1) is 12.7. The standard InChI is InChI=1S/C20H27N3O2S/c1-25-18-8-5-16(6-9-18)7-10-19(24)21-13-20-22-17(15-26-20)14-23-11-3-2-4-12-23/h5-6,8-9,15H,2-4,7,10-14H2,1H3,(H,21,24). The van der Waals surface area contributed by atoms with E-state index in [4.69, 9.17) is 4.74 Å². The molecule has 26 heavy (non-hydrogen) atoms. The number of carbonyl (C=O) groups excluding carboxylic acids is 1. The van der Waals surface area contributed by atoms with E-state index in [2.05, 4.69) is 20.6 Å². The number of nitrogens with zero attached hydrogens (tertiary/aromatic N) is 2. The van der Waals surface area contributed by atoms with E-state index in [0.29, 0.717) is 13.0 Å². The smallest absolute Gasteiger partial charge is 0.220 e. The van der Waals surface area contributed by atoms with Crippen LogP contribution < -0.4 is 10.1 Å². The summed E-state index contributed by atoms with van der Waals surface area (Å²) in [5.41, 5.74) is 2.26. The Morgan fingerprint density at radius 2 is 2.00 bits per heavy atom. The molecule has 1 aliphatic heterocycles. The van der Waals surface area contributed by atoms with E-state index >= 15 is 0 Å². The number of thiazole rings is 1. The predicted octanol–water partition coefficient (Wildman–Crippen LogP) is 3.39. The topological polar surface area (TPSA) is 54.5 Å². The molecular formula is C20H27N3O2S. The van der Waals surface area contributed by atoms with E-state index in [1.54, 1.807) is 18.4 Å². The van der Waals surface area contributed by atoms with Crippen LogP contribution in [-0.2, 0) is 24.3 Å². The highest BCUT2D eigenvalue weighted by atomic mass is 32.1. The highest BCUT2D eigenvalue weighted by Gasteiger charge is 2.12. The zero-order chi connectivity index (χ0) is 18.2. The number of rotatable bonds is 8. The lowest BCUT2D eigenvalue weighted by Gasteiger charge is -2.25. The van der Waals surface area contributed by atoms with Gasteiger partial charge in [0.15, 0.2) is 0 Å². The third-order valence-electron chi connectivity index (χ3n) is 4.67. The highest BCUT2D eigenvalue weighted by molar-refractivity contribution is 7.09. The molecule has 1 N–H and O–H groups in total. The van der Waals surface area contributed by atoms with E-state index in [9.17, 15) is 4.79 Å². The van der Waals surface area contributed by atoms with Crippen LogP contribution in [0.2, 0.25) is 0 Å². The molecular weight excluding hydrogens is 346 g/mol. The second kappa shape index (κ2) is 9.69. The normalized spacial score (nSPS) is 15.0. The number of nitrogens with one attached hydrogen (secondary N) is 1. The maximum absolute atomic E-state index is 12.1. The molecule has 0 atom stereocenters. The van der Waals surface area contributed by atoms with E-state index in [-0.39, 0.29) is 5.91 Å². The highest BCUT2D eigenvalue weighted by Crippen LogP contribution is 2.16. The van der Waals surface area contributed by atoms with Crippen molar-refractivity contribution < 1.29 is 9.53 Å². The fourth-order valence-electron chi connectivity index (χ4n) is 3.16. The minimum Gasteiger partial charge on any atom is -0.497 e. The SMILES string of the molecule is COc1ccc(CCC(=O)NCc2nc(CN3CCCCC3)cs2)cc1. The van der Waals surface area contributed by atoms with Gasteiger partial charge in [0, 0.05) is 18.3 Å². The second-order valence-corrected chi connectivity index (χ2v) is 7.64. The molecule has 2 aromatic rings. The molecule has 3 rings (SSSR count). The number of ether oxygens (including phenoxy) is 1. The molecule has 1 aromatic heterocycles. The summed E-state index contributed by atoms with van der Waals surface area (Å²) in [5.74, 6) is 0.899. The summed E-state index contributed by atoms with van der Waals surface area (Å²) in [5, 5.41) is 6.08. The number of aryl methyl sites for hydroxylation is 1. The predicted molar refractivity (Wildman–Crippen MR) is 104 cm³/mol. The molecule has 1 amide bonds. The van der Waals surface area contributed by atoms with Crippen LogP contribution in [0, 0.1) is 0 Å². The maximum atomic E-state index is 12.1. The zero-order valence-electron chi connectivity index (χ0n) is 15.4. The van der Waals surface area contributed by atoms with Crippen LogP contribution in [0.25, 0.3) is 0 Å². The molecule has 1 saturated heterocycles. The summed E-state index contributed by atoms with van der Waals surface area (Å²) in [4.78, 5) is 19.2. The van der Waals surface area contributed by atoms with Crippen LogP contribution in [0.5, 0.6) is 5.75 Å². The molecule has 0 unspecified atom stereocenters. The van der Waals surface area contributed by atoms with Crippen molar-refractivity contribution in [1.82, 2.24) is 15.2 Å². The molecule has 1 aromatic carbocycles. The fourth-order valence-corrected chi connectivity index (χ4v) is 3.89. The van der Waals surface area contributed by atoms with Gasteiger partial charge >= 0.3 is 0 Å². The Balaban J connectivity index is 1.38. The van der Waals surface area contributed by atoms with Crippen LogP contribution in [0.3, 0.4) is 0 Å². The van der Waals surface area contributed by atoms with Crippen molar-refractivity contribution in [3.63, 3.8) is 0 Å². The number of benzene rings is 1. The minimum absolute atomic E-state index is 0.0635. The summed E-state index contributed by atoms with van der Waals surface area (Å²) in [6, 6.07) is 7.85. The Morgan fingerprint density at radius 1 is 1.23 bits per heavy atom. The van der Waals surface area contributed by atoms with Crippen LogP contribution in [0.1, 0.15) is 41.9 Å². The quantitative estimate of drug-likeness (QED) is 0.771. The van der Waals surface area contributed by atoms with Crippen molar-refractivity contribution in [2.45, 2.75) is 45.2 Å². The summed E-state index contributed by atoms with van der Waals surface area (Å²) in [6.45, 7) is 3.80. The first-order valence-electron chi connectivity index (χ1n) is 9.28. The van der Waals surface area contributed by atoms with Gasteiger partial charge in [-0.3, -0.25) is 9.69 Å². The van der Waals surface area contributed by atoms with Gasteiger partial charge in [0.2, 0.25) is 5.91 Å². The first-order valence-corrected chi connectivity index (χ1v) is 10.2. The van der Waals surface area contributed by atoms with Crippen LogP contribution in [0.15, 0.2) is 29.6 Å². The molecule has 140 valence electrons. The Bertz CT molecular complexity index is 693. The number of carbonyl (C=O) groups is 1. The van der Waals surface area contributed by atoms with Gasteiger partial charge < -0.3 is 10.1 Å². The van der Waals surface area contributed by atoms with Crippen LogP contribution in [-0.4, -0.2) is 36.0 Å². The minimum atomic E-state index is 0.0635. The molecule has 0 radical (unpaired) electrons. The number of amides is 1. The van der Waals surface area contributed by atoms with Gasteiger partial charge in [-0.15, -0.1) is 11.3 Å². The number of likely N-dealkylation sites (tertiary alicyclic amines) is 1. The molecule has 0 spiro atoms. The lowest BCUT2D eigenvalue weighted by molar-refractivity contribution is -0.121. The van der Waals surface area contributed by atoms with Gasteiger partial charge in [0.05, 0.1) is 19.3 Å². The zero-order valence-corrected chi connectivity index (χ0v) is 16.2. The number of hydrogen-bond donors (Lipinski definition) is 1. The second-order valence-electron chi connectivity index (χ2n) is 6.69. The molecule has 0 aliphatic carbocycles. The van der Waals surface area contributed by atoms with Gasteiger partial charge in [0.25, 0.3) is 0 Å². The molecule has 0 bridgehead atoms. The average molecular weight is 374 g/mol. The number of aromatic nitrogens is 1. The number of piperidine rings is 1. The Morgan fingerprint density at radius 3 is 2.73 bits per heavy atom. The summed E-state index contributed by atoms with van der Waals surface area (Å²) >= 11 is 1.63. The van der Waals surface area contributed by atoms with Crippen LogP contribution >= 0.6 is 11.3 Å². The van der Waals surface area contributed by atoms with Crippen molar-refractivity contribution >= 4 is 17.2 Å². The lowest BCUT2D eigenvalue weighted by Crippen LogP contribution is -2.29. The van der Waals surface area contributed by atoms with E-state index in [0.717, 1.165) is 35.0 Å². The molecule has 1 fully saturated rings. The van der Waals surface area contributed by atoms with Crippen molar-refractivity contribution in [3.8, 4) is 5.75 Å². The Kier molecular flexibility index (Phi) is 7.03. The van der Waals surface area contributed by atoms with Gasteiger partial charge in [-0.1, -0.05) is 18.6 Å². The first kappa shape index (κ1) is 18.9. The number of methoxy groups -OCH3 is 1. The largest absolute Gasteiger partial charge is 0.497 e. The van der Waals surface area contributed by atoms with Gasteiger partial charge in [0.1, 0.15) is 10.8 Å². The van der Waals surface area contributed by atoms with Gasteiger partial charge in [-0.05, 0) is 50.0 Å². The van der Waals surface area contributed by atoms with Crippen molar-refractivity contribution in [2.75, 3.05) is 20.2 Å². The van der Waals surface area contributed by atoms with Crippen LogP contribution in [0.4, 0.5) is 0 Å². The van der Waals surface area contributed by atoms with Crippen molar-refractivity contribution in [2.24, 2.45) is 0 Å². The maximum Gasteiger partial charge on any atom is 0.220 e. The van der Waals surface area contributed by atoms with E-state index < -0.39 is 0 Å². The summed E-state index contributed by atoms with van der Waals surface area (Å²) < 4.78 is 5.14. The Labute approximate surface area is 159 Å². The molecule has 1 aliphatic rings.